The zero-order chi connectivity index (χ0) is 19.2. The van der Waals surface area contributed by atoms with Crippen LogP contribution in [-0.4, -0.2) is 23.8 Å². The predicted octanol–water partition coefficient (Wildman–Crippen LogP) is 3.41. The summed E-state index contributed by atoms with van der Waals surface area (Å²) in [6.07, 6.45) is 1.80. The highest BCUT2D eigenvalue weighted by Crippen LogP contribution is 2.23. The molecule has 138 valence electrons. The quantitative estimate of drug-likeness (QED) is 0.699. The van der Waals surface area contributed by atoms with E-state index in [1.54, 1.807) is 42.5 Å². The third-order valence-electron chi connectivity index (χ3n) is 3.93. The molecule has 0 bridgehead atoms. The minimum atomic E-state index is -0.399. The number of nitrogens with one attached hydrogen (secondary N) is 2. The van der Waals surface area contributed by atoms with Crippen molar-refractivity contribution in [2.24, 2.45) is 0 Å². The number of para-hydroxylation sites is 1. The minimum absolute atomic E-state index is 0.110. The highest BCUT2D eigenvalue weighted by atomic mass is 19.1. The van der Waals surface area contributed by atoms with Crippen molar-refractivity contribution in [2.75, 3.05) is 12.4 Å². The smallest absolute Gasteiger partial charge is 0.253 e. The molecule has 0 unspecified atom stereocenters. The molecule has 0 atom stereocenters. The fraction of sp³-hybridized carbons (Fsp3) is 0.150. The summed E-state index contributed by atoms with van der Waals surface area (Å²) in [5, 5.41) is 5.24. The van der Waals surface area contributed by atoms with Crippen LogP contribution in [0.4, 0.5) is 10.1 Å². The molecule has 27 heavy (non-hydrogen) atoms. The van der Waals surface area contributed by atoms with Gasteiger partial charge in [0.05, 0.1) is 23.0 Å². The van der Waals surface area contributed by atoms with Crippen molar-refractivity contribution in [1.82, 2.24) is 10.3 Å². The third kappa shape index (κ3) is 4.38. The van der Waals surface area contributed by atoms with Gasteiger partial charge in [0.25, 0.3) is 5.91 Å². The maximum Gasteiger partial charge on any atom is 0.253 e. The van der Waals surface area contributed by atoms with Crippen LogP contribution in [0.2, 0.25) is 0 Å². The summed E-state index contributed by atoms with van der Waals surface area (Å²) in [7, 11) is 1.52. The molecule has 3 rings (SSSR count). The van der Waals surface area contributed by atoms with E-state index in [9.17, 15) is 14.0 Å². The number of aryl methyl sites for hydroxylation is 1. The van der Waals surface area contributed by atoms with Gasteiger partial charge in [0.2, 0.25) is 5.91 Å². The summed E-state index contributed by atoms with van der Waals surface area (Å²) in [5.41, 5.74) is 1.13. The van der Waals surface area contributed by atoms with Gasteiger partial charge in [-0.3, -0.25) is 9.59 Å². The van der Waals surface area contributed by atoms with Crippen molar-refractivity contribution in [1.29, 1.82) is 0 Å². The summed E-state index contributed by atoms with van der Waals surface area (Å²) < 4.78 is 19.3. The first-order valence-corrected chi connectivity index (χ1v) is 8.39. The van der Waals surface area contributed by atoms with Crippen molar-refractivity contribution in [3.05, 3.63) is 72.0 Å². The van der Waals surface area contributed by atoms with Gasteiger partial charge in [-0.15, -0.1) is 0 Å². The molecule has 7 heteroatoms. The van der Waals surface area contributed by atoms with Gasteiger partial charge in [-0.25, -0.2) is 9.37 Å². The summed E-state index contributed by atoms with van der Waals surface area (Å²) in [6.45, 7) is 0. The van der Waals surface area contributed by atoms with Crippen LogP contribution in [0.15, 0.2) is 59.1 Å². The predicted molar refractivity (Wildman–Crippen MR) is 98.7 cm³/mol. The monoisotopic (exact) mass is 367 g/mol. The van der Waals surface area contributed by atoms with Crippen molar-refractivity contribution in [3.8, 4) is 11.3 Å². The average Bonchev–Trinajstić information content (AvgIpc) is 3.15. The van der Waals surface area contributed by atoms with E-state index in [4.69, 9.17) is 4.42 Å². The molecule has 0 saturated carbocycles. The SMILES string of the molecule is CNC(=O)c1ccccc1NC(=O)CCc1ncc(-c2ccccc2F)o1. The molecule has 1 heterocycles. The standard InChI is InChI=1S/C20H18FN3O3/c1-22-20(26)14-7-3-5-9-16(14)24-18(25)10-11-19-23-12-17(27-19)13-6-2-4-8-15(13)21/h2-9,12H,10-11H2,1H3,(H,22,26)(H,24,25). The van der Waals surface area contributed by atoms with Crippen LogP contribution >= 0.6 is 0 Å². The molecule has 0 radical (unpaired) electrons. The number of anilines is 1. The number of benzene rings is 2. The lowest BCUT2D eigenvalue weighted by Crippen LogP contribution is -2.21. The first-order valence-electron chi connectivity index (χ1n) is 8.39. The van der Waals surface area contributed by atoms with Crippen molar-refractivity contribution >= 4 is 17.5 Å². The van der Waals surface area contributed by atoms with Gasteiger partial charge in [0.1, 0.15) is 5.82 Å². The molecular weight excluding hydrogens is 349 g/mol. The Morgan fingerprint density at radius 2 is 1.85 bits per heavy atom. The molecule has 2 N–H and O–H groups in total. The number of nitrogens with zero attached hydrogens (tertiary/aromatic N) is 1. The number of halogens is 1. The Morgan fingerprint density at radius 3 is 2.63 bits per heavy atom. The van der Waals surface area contributed by atoms with E-state index < -0.39 is 5.82 Å². The first-order chi connectivity index (χ1) is 13.1. The van der Waals surface area contributed by atoms with E-state index in [0.717, 1.165) is 0 Å². The maximum atomic E-state index is 13.8. The van der Waals surface area contributed by atoms with Crippen LogP contribution in [0, 0.1) is 5.82 Å². The molecule has 6 nitrogen and oxygen atoms in total. The highest BCUT2D eigenvalue weighted by Gasteiger charge is 2.14. The molecular formula is C20H18FN3O3. The Kier molecular flexibility index (Phi) is 5.61. The van der Waals surface area contributed by atoms with E-state index in [0.29, 0.717) is 28.5 Å². The zero-order valence-corrected chi connectivity index (χ0v) is 14.7. The summed E-state index contributed by atoms with van der Waals surface area (Å²) in [4.78, 5) is 28.1. The molecule has 0 aliphatic heterocycles. The van der Waals surface area contributed by atoms with E-state index in [-0.39, 0.29) is 24.7 Å². The van der Waals surface area contributed by atoms with Gasteiger partial charge < -0.3 is 15.1 Å². The normalized spacial score (nSPS) is 10.4. The molecule has 0 fully saturated rings. The Balaban J connectivity index is 1.62. The molecule has 0 aliphatic rings. The molecule has 2 amide bonds. The summed E-state index contributed by atoms with van der Waals surface area (Å²) in [5.74, 6) is -0.315. The van der Waals surface area contributed by atoms with Crippen LogP contribution in [0.25, 0.3) is 11.3 Å². The second-order valence-electron chi connectivity index (χ2n) is 5.77. The number of hydrogen-bond acceptors (Lipinski definition) is 4. The van der Waals surface area contributed by atoms with Gasteiger partial charge in [-0.05, 0) is 24.3 Å². The number of rotatable bonds is 6. The van der Waals surface area contributed by atoms with Crippen LogP contribution in [-0.2, 0) is 11.2 Å². The number of oxazole rings is 1. The van der Waals surface area contributed by atoms with E-state index in [2.05, 4.69) is 15.6 Å². The van der Waals surface area contributed by atoms with Gasteiger partial charge >= 0.3 is 0 Å². The summed E-state index contributed by atoms with van der Waals surface area (Å²) in [6, 6.07) is 13.0. The number of carbonyl (C=O) groups excluding carboxylic acids is 2. The molecule has 1 aromatic heterocycles. The molecule has 0 saturated heterocycles. The van der Waals surface area contributed by atoms with Crippen LogP contribution in [0.3, 0.4) is 0 Å². The second-order valence-corrected chi connectivity index (χ2v) is 5.77. The van der Waals surface area contributed by atoms with E-state index in [1.165, 1.54) is 19.3 Å². The lowest BCUT2D eigenvalue weighted by atomic mass is 10.1. The fourth-order valence-corrected chi connectivity index (χ4v) is 2.57. The Morgan fingerprint density at radius 1 is 1.11 bits per heavy atom. The average molecular weight is 367 g/mol. The summed E-state index contributed by atoms with van der Waals surface area (Å²) >= 11 is 0. The van der Waals surface area contributed by atoms with Crippen LogP contribution in [0.5, 0.6) is 0 Å². The second kappa shape index (κ2) is 8.27. The van der Waals surface area contributed by atoms with Gasteiger partial charge in [0.15, 0.2) is 11.7 Å². The number of hydrogen-bond donors (Lipinski definition) is 2. The van der Waals surface area contributed by atoms with Gasteiger partial charge in [-0.1, -0.05) is 24.3 Å². The van der Waals surface area contributed by atoms with Crippen molar-refractivity contribution < 1.29 is 18.4 Å². The Hall–Kier alpha value is -3.48. The van der Waals surface area contributed by atoms with E-state index in [1.807, 2.05) is 0 Å². The largest absolute Gasteiger partial charge is 0.441 e. The number of carbonyl (C=O) groups is 2. The van der Waals surface area contributed by atoms with Gasteiger partial charge in [0, 0.05) is 19.9 Å². The Bertz CT molecular complexity index is 968. The first kappa shape index (κ1) is 18.3. The zero-order valence-electron chi connectivity index (χ0n) is 14.7. The third-order valence-corrected chi connectivity index (χ3v) is 3.93. The number of aromatic nitrogens is 1. The molecule has 2 aromatic carbocycles. The Labute approximate surface area is 155 Å². The molecule has 0 spiro atoms. The topological polar surface area (TPSA) is 84.2 Å². The number of amides is 2. The van der Waals surface area contributed by atoms with Crippen LogP contribution in [0.1, 0.15) is 22.7 Å². The molecule has 3 aromatic rings. The maximum absolute atomic E-state index is 13.8. The highest BCUT2D eigenvalue weighted by molar-refractivity contribution is 6.03. The fourth-order valence-electron chi connectivity index (χ4n) is 2.57. The van der Waals surface area contributed by atoms with Crippen molar-refractivity contribution in [2.45, 2.75) is 12.8 Å². The lowest BCUT2D eigenvalue weighted by molar-refractivity contribution is -0.116. The van der Waals surface area contributed by atoms with E-state index >= 15 is 0 Å². The van der Waals surface area contributed by atoms with Crippen LogP contribution < -0.4 is 10.6 Å². The molecule has 0 aliphatic carbocycles. The van der Waals surface area contributed by atoms with Crippen molar-refractivity contribution in [3.63, 3.8) is 0 Å². The minimum Gasteiger partial charge on any atom is -0.441 e. The van der Waals surface area contributed by atoms with Gasteiger partial charge in [-0.2, -0.15) is 0 Å². The lowest BCUT2D eigenvalue weighted by Gasteiger charge is -2.09.